The molecule has 2 rings (SSSR count). The number of benzene rings is 2. The molecule has 150 valence electrons. The number of anilines is 1. The van der Waals surface area contributed by atoms with E-state index in [-0.39, 0.29) is 17.9 Å². The van der Waals surface area contributed by atoms with Crippen molar-refractivity contribution >= 4 is 43.5 Å². The molecule has 28 heavy (non-hydrogen) atoms. The first-order chi connectivity index (χ1) is 13.2. The van der Waals surface area contributed by atoms with Crippen LogP contribution in [0.2, 0.25) is 0 Å². The van der Waals surface area contributed by atoms with Crippen LogP contribution >= 0.6 is 15.9 Å². The highest BCUT2D eigenvalue weighted by molar-refractivity contribution is 9.10. The Hall–Kier alpha value is -2.43. The van der Waals surface area contributed by atoms with Gasteiger partial charge in [0.25, 0.3) is 5.91 Å². The summed E-state index contributed by atoms with van der Waals surface area (Å²) in [4.78, 5) is 25.9. The topological polar surface area (TPSA) is 108 Å². The van der Waals surface area contributed by atoms with E-state index >= 15 is 0 Å². The molecule has 2 aromatic rings. The number of carbonyl (C=O) groups is 2. The maximum absolute atomic E-state index is 12.2. The number of halogens is 1. The fraction of sp³-hybridized carbons (Fsp3) is 0.222. The molecule has 0 heterocycles. The van der Waals surface area contributed by atoms with Gasteiger partial charge in [-0.1, -0.05) is 18.2 Å². The molecule has 0 atom stereocenters. The van der Waals surface area contributed by atoms with Crippen LogP contribution in [0.5, 0.6) is 0 Å². The second kappa shape index (κ2) is 9.67. The first kappa shape index (κ1) is 21.9. The van der Waals surface area contributed by atoms with Crippen LogP contribution in [-0.4, -0.2) is 40.9 Å². The monoisotopic (exact) mass is 468 g/mol. The summed E-state index contributed by atoms with van der Waals surface area (Å²) in [6, 6.07) is 13.3. The molecule has 0 unspecified atom stereocenters. The number of nitrogens with zero attached hydrogens (tertiary/aromatic N) is 1. The van der Waals surface area contributed by atoms with E-state index in [0.29, 0.717) is 10.0 Å². The van der Waals surface area contributed by atoms with Crippen molar-refractivity contribution in [3.63, 3.8) is 0 Å². The highest BCUT2D eigenvalue weighted by Gasteiger charge is 2.17. The normalized spacial score (nSPS) is 11.0. The zero-order valence-electron chi connectivity index (χ0n) is 15.4. The summed E-state index contributed by atoms with van der Waals surface area (Å²) in [6.07, 6.45) is -0.137. The van der Waals surface area contributed by atoms with Gasteiger partial charge in [-0.15, -0.1) is 0 Å². The van der Waals surface area contributed by atoms with Gasteiger partial charge >= 0.3 is 0 Å². The summed E-state index contributed by atoms with van der Waals surface area (Å²) in [5.41, 5.74) is 5.82. The Kier molecular flexibility index (Phi) is 7.55. The minimum absolute atomic E-state index is 0.0875. The van der Waals surface area contributed by atoms with Crippen molar-refractivity contribution in [2.45, 2.75) is 11.3 Å². The van der Waals surface area contributed by atoms with Crippen molar-refractivity contribution < 1.29 is 18.0 Å². The number of hydrazine groups is 1. The molecule has 0 aliphatic rings. The Morgan fingerprint density at radius 2 is 1.75 bits per heavy atom. The highest BCUT2D eigenvalue weighted by atomic mass is 79.9. The Morgan fingerprint density at radius 3 is 2.43 bits per heavy atom. The largest absolute Gasteiger partial charge is 0.378 e. The van der Waals surface area contributed by atoms with E-state index < -0.39 is 21.8 Å². The van der Waals surface area contributed by atoms with E-state index in [0.717, 1.165) is 5.69 Å². The third-order valence-electron chi connectivity index (χ3n) is 3.71. The molecule has 0 aliphatic heterocycles. The van der Waals surface area contributed by atoms with E-state index in [4.69, 9.17) is 0 Å². The molecule has 3 N–H and O–H groups in total. The summed E-state index contributed by atoms with van der Waals surface area (Å²) in [7, 11) is -0.0327. The van der Waals surface area contributed by atoms with Crippen LogP contribution in [0.3, 0.4) is 0 Å². The zero-order chi connectivity index (χ0) is 20.7. The number of sulfonamides is 1. The number of nitrogens with one attached hydrogen (secondary N) is 3. The first-order valence-corrected chi connectivity index (χ1v) is 10.6. The van der Waals surface area contributed by atoms with Gasteiger partial charge in [0.1, 0.15) is 0 Å². The predicted octanol–water partition coefficient (Wildman–Crippen LogP) is 1.64. The van der Waals surface area contributed by atoms with Gasteiger partial charge in [-0.2, -0.15) is 0 Å². The van der Waals surface area contributed by atoms with Crippen LogP contribution in [0, 0.1) is 0 Å². The van der Waals surface area contributed by atoms with E-state index in [1.54, 1.807) is 36.4 Å². The van der Waals surface area contributed by atoms with Crippen LogP contribution in [0.4, 0.5) is 5.69 Å². The second-order valence-electron chi connectivity index (χ2n) is 6.03. The molecule has 0 aromatic heterocycles. The minimum atomic E-state index is -3.74. The van der Waals surface area contributed by atoms with Crippen LogP contribution in [0.25, 0.3) is 0 Å². The fourth-order valence-corrected chi connectivity index (χ4v) is 4.26. The van der Waals surface area contributed by atoms with Gasteiger partial charge in [0.2, 0.25) is 15.9 Å². The van der Waals surface area contributed by atoms with E-state index in [9.17, 15) is 18.0 Å². The molecule has 0 saturated heterocycles. The van der Waals surface area contributed by atoms with Crippen molar-refractivity contribution in [1.29, 1.82) is 0 Å². The molecule has 0 saturated carbocycles. The molecule has 2 aromatic carbocycles. The Labute approximate surface area is 172 Å². The van der Waals surface area contributed by atoms with Crippen LogP contribution < -0.4 is 20.5 Å². The maximum Gasteiger partial charge on any atom is 0.269 e. The molecule has 0 aliphatic carbocycles. The molecule has 0 bridgehead atoms. The van der Waals surface area contributed by atoms with Crippen LogP contribution in [0.15, 0.2) is 57.9 Å². The standard InChI is InChI=1S/C18H21BrN4O4S/c1-23(2)14-7-5-6-13(12-14)18(25)22-21-17(24)10-11-20-28(26,27)16-9-4-3-8-15(16)19/h3-9,12,20H,10-11H2,1-2H3,(H,21,24)(H,22,25). The smallest absolute Gasteiger partial charge is 0.269 e. The lowest BCUT2D eigenvalue weighted by molar-refractivity contribution is -0.121. The lowest BCUT2D eigenvalue weighted by Gasteiger charge is -2.13. The lowest BCUT2D eigenvalue weighted by atomic mass is 10.2. The van der Waals surface area contributed by atoms with Gasteiger partial charge in [-0.3, -0.25) is 20.4 Å². The Balaban J connectivity index is 1.82. The van der Waals surface area contributed by atoms with Crippen molar-refractivity contribution in [3.05, 3.63) is 58.6 Å². The summed E-state index contributed by atoms with van der Waals surface area (Å²) in [6.45, 7) is -0.110. The number of hydrogen-bond donors (Lipinski definition) is 3. The van der Waals surface area contributed by atoms with Gasteiger partial charge in [0.05, 0.1) is 4.90 Å². The second-order valence-corrected chi connectivity index (χ2v) is 8.61. The van der Waals surface area contributed by atoms with Gasteiger partial charge in [-0.25, -0.2) is 13.1 Å². The van der Waals surface area contributed by atoms with E-state index in [2.05, 4.69) is 31.5 Å². The van der Waals surface area contributed by atoms with Gasteiger partial charge in [0, 0.05) is 42.8 Å². The molecular formula is C18H21BrN4O4S. The maximum atomic E-state index is 12.2. The lowest BCUT2D eigenvalue weighted by Crippen LogP contribution is -2.42. The third-order valence-corrected chi connectivity index (χ3v) is 6.18. The molecule has 0 fully saturated rings. The summed E-state index contributed by atoms with van der Waals surface area (Å²) < 4.78 is 27.2. The van der Waals surface area contributed by atoms with Crippen molar-refractivity contribution in [1.82, 2.24) is 15.6 Å². The van der Waals surface area contributed by atoms with Crippen LogP contribution in [-0.2, 0) is 14.8 Å². The minimum Gasteiger partial charge on any atom is -0.378 e. The summed E-state index contributed by atoms with van der Waals surface area (Å²) in [5, 5.41) is 0. The SMILES string of the molecule is CN(C)c1cccc(C(=O)NNC(=O)CCNS(=O)(=O)c2ccccc2Br)c1. The zero-order valence-corrected chi connectivity index (χ0v) is 17.8. The van der Waals surface area contributed by atoms with Gasteiger partial charge < -0.3 is 4.90 Å². The summed E-state index contributed by atoms with van der Waals surface area (Å²) >= 11 is 3.18. The predicted molar refractivity (Wildman–Crippen MR) is 110 cm³/mol. The number of carbonyl (C=O) groups excluding carboxylic acids is 2. The number of hydrogen-bond acceptors (Lipinski definition) is 5. The van der Waals surface area contributed by atoms with Gasteiger partial charge in [0.15, 0.2) is 0 Å². The third kappa shape index (κ3) is 6.04. The average molecular weight is 469 g/mol. The number of amides is 2. The molecule has 8 nitrogen and oxygen atoms in total. The van der Waals surface area contributed by atoms with Crippen molar-refractivity contribution in [2.24, 2.45) is 0 Å². The number of rotatable bonds is 7. The van der Waals surface area contributed by atoms with E-state index in [1.165, 1.54) is 6.07 Å². The highest BCUT2D eigenvalue weighted by Crippen LogP contribution is 2.20. The molecule has 10 heteroatoms. The quantitative estimate of drug-likeness (QED) is 0.535. The summed E-state index contributed by atoms with van der Waals surface area (Å²) in [5.74, 6) is -0.988. The molecular weight excluding hydrogens is 448 g/mol. The molecule has 2 amide bonds. The molecule has 0 radical (unpaired) electrons. The Bertz CT molecular complexity index is 964. The van der Waals surface area contributed by atoms with Crippen molar-refractivity contribution in [3.8, 4) is 0 Å². The van der Waals surface area contributed by atoms with Crippen LogP contribution in [0.1, 0.15) is 16.8 Å². The van der Waals surface area contributed by atoms with Gasteiger partial charge in [-0.05, 0) is 46.3 Å². The van der Waals surface area contributed by atoms with Crippen molar-refractivity contribution in [2.75, 3.05) is 25.5 Å². The molecule has 0 spiro atoms. The first-order valence-electron chi connectivity index (χ1n) is 8.31. The average Bonchev–Trinajstić information content (AvgIpc) is 2.66. The Morgan fingerprint density at radius 1 is 1.04 bits per heavy atom. The van der Waals surface area contributed by atoms with E-state index in [1.807, 2.05) is 25.1 Å². The fourth-order valence-electron chi connectivity index (χ4n) is 2.23.